The minimum atomic E-state index is -0.183. The molecule has 0 aliphatic rings. The lowest BCUT2D eigenvalue weighted by Crippen LogP contribution is -2.17. The largest absolute Gasteiger partial charge is 0.491 e. The maximum absolute atomic E-state index is 13.0. The first-order valence-corrected chi connectivity index (χ1v) is 10.2. The predicted molar refractivity (Wildman–Crippen MR) is 112 cm³/mol. The van der Waals surface area contributed by atoms with Gasteiger partial charge in [0.2, 0.25) is 0 Å². The van der Waals surface area contributed by atoms with Gasteiger partial charge < -0.3 is 10.1 Å². The Balaban J connectivity index is 1.89. The van der Waals surface area contributed by atoms with Gasteiger partial charge in [0.15, 0.2) is 0 Å². The summed E-state index contributed by atoms with van der Waals surface area (Å²) >= 11 is 0. The molecule has 3 heteroatoms. The first-order chi connectivity index (χ1) is 12.9. The number of hydrogen-bond acceptors (Lipinski definition) is 2. The topological polar surface area (TPSA) is 21.3 Å². The molecule has 2 rings (SSSR count). The maximum Gasteiger partial charge on any atom is 0.123 e. The summed E-state index contributed by atoms with van der Waals surface area (Å²) in [5.74, 6) is 2.01. The van der Waals surface area contributed by atoms with E-state index in [4.69, 9.17) is 4.74 Å². The van der Waals surface area contributed by atoms with Crippen LogP contribution in [-0.4, -0.2) is 12.6 Å². The van der Waals surface area contributed by atoms with Crippen molar-refractivity contribution in [2.24, 2.45) is 5.92 Å². The molecule has 1 N–H and O–H groups in total. The molecule has 0 saturated heterocycles. The first-order valence-electron chi connectivity index (χ1n) is 10.2. The van der Waals surface area contributed by atoms with Crippen LogP contribution in [0.4, 0.5) is 4.39 Å². The Bertz CT molecular complexity index is 649. The fraction of sp³-hybridized carbons (Fsp3) is 0.500. The Morgan fingerprint density at radius 2 is 1.52 bits per heavy atom. The van der Waals surface area contributed by atoms with Crippen LogP contribution in [0.5, 0.6) is 5.75 Å². The highest BCUT2D eigenvalue weighted by molar-refractivity contribution is 5.29. The van der Waals surface area contributed by atoms with Gasteiger partial charge in [-0.05, 0) is 80.5 Å². The summed E-state index contributed by atoms with van der Waals surface area (Å²) in [7, 11) is 0. The zero-order chi connectivity index (χ0) is 19.6. The van der Waals surface area contributed by atoms with Crippen molar-refractivity contribution in [2.45, 2.75) is 65.5 Å². The van der Waals surface area contributed by atoms with Gasteiger partial charge in [-0.1, -0.05) is 44.5 Å². The zero-order valence-electron chi connectivity index (χ0n) is 17.2. The highest BCUT2D eigenvalue weighted by Gasteiger charge is 2.13. The summed E-state index contributed by atoms with van der Waals surface area (Å²) in [6.07, 6.45) is 3.72. The minimum Gasteiger partial charge on any atom is -0.491 e. The van der Waals surface area contributed by atoms with E-state index in [1.165, 1.54) is 30.5 Å². The Kier molecular flexibility index (Phi) is 8.80. The van der Waals surface area contributed by atoms with Gasteiger partial charge in [0, 0.05) is 6.54 Å². The number of hydrogen-bond donors (Lipinski definition) is 1. The average Bonchev–Trinajstić information content (AvgIpc) is 2.63. The van der Waals surface area contributed by atoms with Crippen molar-refractivity contribution in [3.05, 3.63) is 65.5 Å². The lowest BCUT2D eigenvalue weighted by molar-refractivity contribution is 0.242. The third kappa shape index (κ3) is 8.13. The zero-order valence-corrected chi connectivity index (χ0v) is 17.2. The van der Waals surface area contributed by atoms with Crippen LogP contribution in [0.3, 0.4) is 0 Å². The van der Waals surface area contributed by atoms with Crippen LogP contribution in [0.25, 0.3) is 0 Å². The van der Waals surface area contributed by atoms with Crippen LogP contribution in [0, 0.1) is 11.7 Å². The van der Waals surface area contributed by atoms with Crippen molar-refractivity contribution in [3.8, 4) is 5.75 Å². The molecule has 0 bridgehead atoms. The standard InChI is InChI=1S/C24H34FNO/c1-18(2)5-8-22(21-9-13-24(14-10-21)27-19(3)4)15-16-26-17-20-6-11-23(25)12-7-20/h6-7,9-14,18-19,22,26H,5,8,15-17H2,1-4H3. The van der Waals surface area contributed by atoms with Gasteiger partial charge in [-0.3, -0.25) is 0 Å². The first kappa shape index (κ1) is 21.4. The van der Waals surface area contributed by atoms with Crippen LogP contribution in [0.15, 0.2) is 48.5 Å². The summed E-state index contributed by atoms with van der Waals surface area (Å²) in [6, 6.07) is 15.3. The Morgan fingerprint density at radius 3 is 2.11 bits per heavy atom. The molecule has 2 aromatic carbocycles. The molecule has 0 radical (unpaired) electrons. The molecule has 1 unspecified atom stereocenters. The third-order valence-corrected chi connectivity index (χ3v) is 4.73. The van der Waals surface area contributed by atoms with Gasteiger partial charge in [0.05, 0.1) is 6.10 Å². The van der Waals surface area contributed by atoms with E-state index in [-0.39, 0.29) is 11.9 Å². The molecule has 2 aromatic rings. The second-order valence-corrected chi connectivity index (χ2v) is 8.00. The van der Waals surface area contributed by atoms with E-state index >= 15 is 0 Å². The van der Waals surface area contributed by atoms with Gasteiger partial charge in [-0.25, -0.2) is 4.39 Å². The fourth-order valence-corrected chi connectivity index (χ4v) is 3.21. The number of nitrogens with one attached hydrogen (secondary N) is 1. The van der Waals surface area contributed by atoms with Crippen LogP contribution < -0.4 is 10.1 Å². The fourth-order valence-electron chi connectivity index (χ4n) is 3.21. The molecule has 0 spiro atoms. The number of ether oxygens (including phenoxy) is 1. The predicted octanol–water partition coefficient (Wildman–Crippen LogP) is 6.31. The quantitative estimate of drug-likeness (QED) is 0.467. The van der Waals surface area contributed by atoms with Crippen molar-refractivity contribution < 1.29 is 9.13 Å². The van der Waals surface area contributed by atoms with Crippen LogP contribution >= 0.6 is 0 Å². The van der Waals surface area contributed by atoms with Gasteiger partial charge in [-0.15, -0.1) is 0 Å². The molecular weight excluding hydrogens is 337 g/mol. The molecule has 0 aliphatic heterocycles. The summed E-state index contributed by atoms with van der Waals surface area (Å²) in [5.41, 5.74) is 2.50. The molecule has 0 heterocycles. The van der Waals surface area contributed by atoms with Crippen LogP contribution in [0.2, 0.25) is 0 Å². The van der Waals surface area contributed by atoms with Crippen molar-refractivity contribution >= 4 is 0 Å². The lowest BCUT2D eigenvalue weighted by atomic mass is 9.88. The van der Waals surface area contributed by atoms with E-state index in [0.717, 1.165) is 30.8 Å². The number of rotatable bonds is 11. The monoisotopic (exact) mass is 371 g/mol. The normalized spacial score (nSPS) is 12.6. The van der Waals surface area contributed by atoms with Crippen LogP contribution in [-0.2, 0) is 6.54 Å². The maximum atomic E-state index is 13.0. The molecule has 0 fully saturated rings. The Labute approximate surface area is 164 Å². The Hall–Kier alpha value is -1.87. The number of halogens is 1. The summed E-state index contributed by atoms with van der Waals surface area (Å²) in [5, 5.41) is 3.50. The number of benzene rings is 2. The lowest BCUT2D eigenvalue weighted by Gasteiger charge is -2.20. The second kappa shape index (κ2) is 11.1. The van der Waals surface area contributed by atoms with Gasteiger partial charge in [-0.2, -0.15) is 0 Å². The van der Waals surface area contributed by atoms with Crippen molar-refractivity contribution in [1.29, 1.82) is 0 Å². The van der Waals surface area contributed by atoms with Gasteiger partial charge in [0.1, 0.15) is 11.6 Å². The molecule has 1 atom stereocenters. The molecular formula is C24H34FNO. The Morgan fingerprint density at radius 1 is 0.852 bits per heavy atom. The SMILES string of the molecule is CC(C)CCC(CCNCc1ccc(F)cc1)c1ccc(OC(C)C)cc1. The highest BCUT2D eigenvalue weighted by atomic mass is 19.1. The van der Waals surface area contributed by atoms with Gasteiger partial charge in [0.25, 0.3) is 0 Å². The highest BCUT2D eigenvalue weighted by Crippen LogP contribution is 2.28. The molecule has 0 aliphatic carbocycles. The minimum absolute atomic E-state index is 0.183. The molecule has 0 aromatic heterocycles. The average molecular weight is 372 g/mol. The summed E-state index contributed by atoms with van der Waals surface area (Å²) < 4.78 is 18.8. The van der Waals surface area contributed by atoms with E-state index in [2.05, 4.69) is 43.4 Å². The molecule has 2 nitrogen and oxygen atoms in total. The van der Waals surface area contributed by atoms with Crippen molar-refractivity contribution in [3.63, 3.8) is 0 Å². The van der Waals surface area contributed by atoms with E-state index in [0.29, 0.717) is 11.8 Å². The molecule has 0 saturated carbocycles. The molecule has 148 valence electrons. The van der Waals surface area contributed by atoms with Crippen molar-refractivity contribution in [1.82, 2.24) is 5.32 Å². The van der Waals surface area contributed by atoms with E-state index in [9.17, 15) is 4.39 Å². The van der Waals surface area contributed by atoms with E-state index in [1.807, 2.05) is 26.0 Å². The van der Waals surface area contributed by atoms with E-state index in [1.54, 1.807) is 0 Å². The summed E-state index contributed by atoms with van der Waals surface area (Å²) in [4.78, 5) is 0. The van der Waals surface area contributed by atoms with Crippen molar-refractivity contribution in [2.75, 3.05) is 6.54 Å². The third-order valence-electron chi connectivity index (χ3n) is 4.73. The molecule has 27 heavy (non-hydrogen) atoms. The summed E-state index contributed by atoms with van der Waals surface area (Å²) in [6.45, 7) is 10.4. The van der Waals surface area contributed by atoms with Gasteiger partial charge >= 0.3 is 0 Å². The molecule has 0 amide bonds. The van der Waals surface area contributed by atoms with E-state index < -0.39 is 0 Å². The second-order valence-electron chi connectivity index (χ2n) is 8.00. The smallest absolute Gasteiger partial charge is 0.123 e. The van der Waals surface area contributed by atoms with Crippen LogP contribution in [0.1, 0.15) is 64.0 Å².